The van der Waals surface area contributed by atoms with Crippen LogP contribution in [0.3, 0.4) is 0 Å². The number of nitro benzene ring substituents is 1. The van der Waals surface area contributed by atoms with Crippen LogP contribution in [-0.2, 0) is 4.79 Å². The maximum Gasteiger partial charge on any atom is 0.312 e. The fourth-order valence-corrected chi connectivity index (χ4v) is 2.52. The molecule has 21 heavy (non-hydrogen) atoms. The highest BCUT2D eigenvalue weighted by molar-refractivity contribution is 5.93. The third-order valence-electron chi connectivity index (χ3n) is 3.64. The second-order valence-corrected chi connectivity index (χ2v) is 5.21. The number of carbonyl (C=O) groups excluding carboxylic acids is 1. The van der Waals surface area contributed by atoms with Crippen molar-refractivity contribution in [3.05, 3.63) is 28.3 Å². The zero-order chi connectivity index (χ0) is 15.4. The molecule has 2 unspecified atom stereocenters. The van der Waals surface area contributed by atoms with E-state index in [-0.39, 0.29) is 23.3 Å². The molecule has 1 amide bonds. The van der Waals surface area contributed by atoms with Crippen molar-refractivity contribution in [2.45, 2.75) is 25.8 Å². The second-order valence-electron chi connectivity index (χ2n) is 5.21. The number of piperidine rings is 1. The lowest BCUT2D eigenvalue weighted by Gasteiger charge is -2.27. The number of methoxy groups -OCH3 is 1. The third kappa shape index (κ3) is 3.69. The molecule has 2 rings (SSSR count). The first-order chi connectivity index (χ1) is 10.0. The van der Waals surface area contributed by atoms with E-state index in [1.807, 2.05) is 6.92 Å². The largest absolute Gasteiger partial charge is 0.490 e. The first kappa shape index (κ1) is 15.2. The summed E-state index contributed by atoms with van der Waals surface area (Å²) in [6, 6.07) is 4.72. The summed E-state index contributed by atoms with van der Waals surface area (Å²) in [4.78, 5) is 22.6. The van der Waals surface area contributed by atoms with E-state index in [9.17, 15) is 14.9 Å². The van der Waals surface area contributed by atoms with Gasteiger partial charge in [0.2, 0.25) is 5.91 Å². The Morgan fingerprint density at radius 2 is 2.29 bits per heavy atom. The molecule has 1 aromatic rings. The zero-order valence-corrected chi connectivity index (χ0v) is 12.1. The smallest absolute Gasteiger partial charge is 0.312 e. The lowest BCUT2D eigenvalue weighted by Crippen LogP contribution is -2.40. The molecule has 0 saturated carbocycles. The number of amides is 1. The Morgan fingerprint density at radius 1 is 1.52 bits per heavy atom. The average Bonchev–Trinajstić information content (AvgIpc) is 2.47. The van der Waals surface area contributed by atoms with Gasteiger partial charge in [0.05, 0.1) is 12.0 Å². The highest BCUT2D eigenvalue weighted by atomic mass is 16.6. The monoisotopic (exact) mass is 293 g/mol. The van der Waals surface area contributed by atoms with Crippen LogP contribution in [0.25, 0.3) is 0 Å². The van der Waals surface area contributed by atoms with E-state index in [1.54, 1.807) is 6.07 Å². The molecule has 0 aromatic heterocycles. The van der Waals surface area contributed by atoms with E-state index in [2.05, 4.69) is 10.6 Å². The van der Waals surface area contributed by atoms with Gasteiger partial charge >= 0.3 is 5.69 Å². The summed E-state index contributed by atoms with van der Waals surface area (Å²) in [7, 11) is 1.37. The summed E-state index contributed by atoms with van der Waals surface area (Å²) < 4.78 is 4.93. The van der Waals surface area contributed by atoms with Gasteiger partial charge in [0, 0.05) is 23.7 Å². The standard InChI is InChI=1S/C14H19N3O4/c1-9-7-10(5-6-15-9)14(18)16-11-3-4-13(21-2)12(8-11)17(19)20/h3-4,8-10,15H,5-7H2,1-2H3,(H,16,18). The highest BCUT2D eigenvalue weighted by Crippen LogP contribution is 2.30. The quantitative estimate of drug-likeness (QED) is 0.653. The maximum absolute atomic E-state index is 12.2. The fourth-order valence-electron chi connectivity index (χ4n) is 2.52. The molecule has 1 saturated heterocycles. The van der Waals surface area contributed by atoms with E-state index in [0.29, 0.717) is 11.7 Å². The van der Waals surface area contributed by atoms with Gasteiger partial charge in [-0.1, -0.05) is 0 Å². The van der Waals surface area contributed by atoms with Gasteiger partial charge in [-0.3, -0.25) is 14.9 Å². The minimum absolute atomic E-state index is 0.0672. The summed E-state index contributed by atoms with van der Waals surface area (Å²) in [5, 5.41) is 17.0. The van der Waals surface area contributed by atoms with Crippen LogP contribution in [0.1, 0.15) is 19.8 Å². The van der Waals surface area contributed by atoms with Gasteiger partial charge in [0.25, 0.3) is 0 Å². The number of nitrogens with one attached hydrogen (secondary N) is 2. The van der Waals surface area contributed by atoms with Crippen LogP contribution in [0.4, 0.5) is 11.4 Å². The zero-order valence-electron chi connectivity index (χ0n) is 12.1. The highest BCUT2D eigenvalue weighted by Gasteiger charge is 2.25. The average molecular weight is 293 g/mol. The van der Waals surface area contributed by atoms with Crippen LogP contribution < -0.4 is 15.4 Å². The molecule has 114 valence electrons. The summed E-state index contributed by atoms with van der Waals surface area (Å²) in [5.41, 5.74) is 0.257. The molecule has 0 bridgehead atoms. The van der Waals surface area contributed by atoms with Crippen molar-refractivity contribution in [3.8, 4) is 5.75 Å². The third-order valence-corrected chi connectivity index (χ3v) is 3.64. The van der Waals surface area contributed by atoms with Crippen LogP contribution in [0.5, 0.6) is 5.75 Å². The van der Waals surface area contributed by atoms with Gasteiger partial charge in [0.1, 0.15) is 0 Å². The van der Waals surface area contributed by atoms with Crippen molar-refractivity contribution in [2.24, 2.45) is 5.92 Å². The van der Waals surface area contributed by atoms with Crippen LogP contribution in [-0.4, -0.2) is 30.5 Å². The van der Waals surface area contributed by atoms with Gasteiger partial charge in [-0.2, -0.15) is 0 Å². The second kappa shape index (κ2) is 6.53. The minimum Gasteiger partial charge on any atom is -0.490 e. The number of hydrogen-bond donors (Lipinski definition) is 2. The number of benzene rings is 1. The van der Waals surface area contributed by atoms with Gasteiger partial charge in [0.15, 0.2) is 5.75 Å². The molecule has 1 aromatic carbocycles. The Labute approximate surface area is 122 Å². The van der Waals surface area contributed by atoms with Gasteiger partial charge in [-0.15, -0.1) is 0 Å². The van der Waals surface area contributed by atoms with Crippen molar-refractivity contribution < 1.29 is 14.5 Å². The molecule has 1 fully saturated rings. The molecule has 7 nitrogen and oxygen atoms in total. The number of carbonyl (C=O) groups is 1. The topological polar surface area (TPSA) is 93.5 Å². The first-order valence-electron chi connectivity index (χ1n) is 6.88. The molecule has 0 radical (unpaired) electrons. The molecule has 1 aliphatic rings. The van der Waals surface area contributed by atoms with Gasteiger partial charge in [-0.05, 0) is 38.4 Å². The molecular formula is C14H19N3O4. The van der Waals surface area contributed by atoms with Crippen LogP contribution in [0.15, 0.2) is 18.2 Å². The Bertz CT molecular complexity index is 547. The molecule has 0 spiro atoms. The molecule has 0 aliphatic carbocycles. The number of nitrogens with zero attached hydrogens (tertiary/aromatic N) is 1. The Kier molecular flexibility index (Phi) is 4.74. The summed E-state index contributed by atoms with van der Waals surface area (Å²) >= 11 is 0. The van der Waals surface area contributed by atoms with Crippen molar-refractivity contribution in [3.63, 3.8) is 0 Å². The normalized spacial score (nSPS) is 21.6. The van der Waals surface area contributed by atoms with E-state index in [0.717, 1.165) is 19.4 Å². The Morgan fingerprint density at radius 3 is 2.90 bits per heavy atom. The Balaban J connectivity index is 2.10. The summed E-state index contributed by atoms with van der Waals surface area (Å²) in [6.07, 6.45) is 1.54. The minimum atomic E-state index is -0.527. The molecular weight excluding hydrogens is 274 g/mol. The number of anilines is 1. The predicted molar refractivity (Wildman–Crippen MR) is 78.5 cm³/mol. The van der Waals surface area contributed by atoms with Crippen molar-refractivity contribution >= 4 is 17.3 Å². The molecule has 1 aliphatic heterocycles. The molecule has 1 heterocycles. The number of hydrogen-bond acceptors (Lipinski definition) is 5. The van der Waals surface area contributed by atoms with Gasteiger partial charge < -0.3 is 15.4 Å². The summed E-state index contributed by atoms with van der Waals surface area (Å²) in [6.45, 7) is 2.85. The van der Waals surface area contributed by atoms with Crippen LogP contribution in [0, 0.1) is 16.0 Å². The maximum atomic E-state index is 12.2. The molecule has 7 heteroatoms. The lowest BCUT2D eigenvalue weighted by molar-refractivity contribution is -0.385. The van der Waals surface area contributed by atoms with Crippen LogP contribution in [0.2, 0.25) is 0 Å². The summed E-state index contributed by atoms with van der Waals surface area (Å²) in [5.74, 6) is 0.0127. The van der Waals surface area contributed by atoms with Crippen molar-refractivity contribution in [1.82, 2.24) is 5.32 Å². The van der Waals surface area contributed by atoms with Crippen LogP contribution >= 0.6 is 0 Å². The lowest BCUT2D eigenvalue weighted by atomic mass is 9.92. The SMILES string of the molecule is COc1ccc(NC(=O)C2CCNC(C)C2)cc1[N+](=O)[O-]. The number of ether oxygens (including phenoxy) is 1. The van der Waals surface area contributed by atoms with Crippen molar-refractivity contribution in [1.29, 1.82) is 0 Å². The fraction of sp³-hybridized carbons (Fsp3) is 0.500. The van der Waals surface area contributed by atoms with E-state index in [1.165, 1.54) is 19.2 Å². The van der Waals surface area contributed by atoms with Crippen molar-refractivity contribution in [2.75, 3.05) is 19.0 Å². The Hall–Kier alpha value is -2.15. The van der Waals surface area contributed by atoms with E-state index < -0.39 is 4.92 Å². The van der Waals surface area contributed by atoms with E-state index >= 15 is 0 Å². The molecule has 2 N–H and O–H groups in total. The van der Waals surface area contributed by atoms with E-state index in [4.69, 9.17) is 4.74 Å². The number of nitro groups is 1. The van der Waals surface area contributed by atoms with Gasteiger partial charge in [-0.25, -0.2) is 0 Å². The number of rotatable bonds is 4. The predicted octanol–water partition coefficient (Wildman–Crippen LogP) is 1.93. The first-order valence-corrected chi connectivity index (χ1v) is 6.88. The molecule has 2 atom stereocenters.